The average molecular weight is 460 g/mol. The van der Waals surface area contributed by atoms with Crippen LogP contribution in [0.15, 0.2) is 36.4 Å². The summed E-state index contributed by atoms with van der Waals surface area (Å²) in [5, 5.41) is 0.400. The lowest BCUT2D eigenvalue weighted by atomic mass is 10.0. The highest BCUT2D eigenvalue weighted by molar-refractivity contribution is 6.31. The lowest BCUT2D eigenvalue weighted by molar-refractivity contribution is -0.123. The fourth-order valence-corrected chi connectivity index (χ4v) is 4.23. The Morgan fingerprint density at radius 1 is 1.09 bits per heavy atom. The van der Waals surface area contributed by atoms with Gasteiger partial charge in [0.25, 0.3) is 11.8 Å². The molecule has 2 heterocycles. The van der Waals surface area contributed by atoms with Gasteiger partial charge in [0, 0.05) is 17.5 Å². The highest BCUT2D eigenvalue weighted by atomic mass is 35.5. The van der Waals surface area contributed by atoms with E-state index < -0.39 is 5.91 Å². The predicted molar refractivity (Wildman–Crippen MR) is 119 cm³/mol. The molecule has 32 heavy (non-hydrogen) atoms. The third-order valence-corrected chi connectivity index (χ3v) is 5.82. The van der Waals surface area contributed by atoms with Crippen molar-refractivity contribution in [2.45, 2.75) is 25.3 Å². The van der Waals surface area contributed by atoms with Gasteiger partial charge in [-0.25, -0.2) is 0 Å². The number of benzene rings is 2. The van der Waals surface area contributed by atoms with E-state index in [4.69, 9.17) is 25.8 Å². The van der Waals surface area contributed by atoms with Gasteiger partial charge in [-0.3, -0.25) is 25.3 Å². The number of carbonyl (C=O) groups excluding carboxylic acids is 2. The van der Waals surface area contributed by atoms with Gasteiger partial charge < -0.3 is 14.2 Å². The number of carbonyl (C=O) groups is 2. The molecule has 1 fully saturated rings. The summed E-state index contributed by atoms with van der Waals surface area (Å²) < 4.78 is 16.7. The van der Waals surface area contributed by atoms with Gasteiger partial charge in [0.1, 0.15) is 5.75 Å². The molecule has 2 aromatic carbocycles. The summed E-state index contributed by atoms with van der Waals surface area (Å²) in [5.41, 5.74) is 6.25. The fraction of sp³-hybridized carbons (Fsp3) is 0.391. The van der Waals surface area contributed by atoms with E-state index in [2.05, 4.69) is 15.8 Å². The van der Waals surface area contributed by atoms with Crippen LogP contribution in [-0.4, -0.2) is 50.1 Å². The molecule has 0 bridgehead atoms. The third-order valence-electron chi connectivity index (χ3n) is 5.59. The number of fused-ring (bicyclic) bond motifs is 1. The summed E-state index contributed by atoms with van der Waals surface area (Å²) in [6, 6.07) is 10.8. The second kappa shape index (κ2) is 10.1. The quantitative estimate of drug-likeness (QED) is 0.668. The Hall–Kier alpha value is -2.97. The molecule has 0 radical (unpaired) electrons. The Morgan fingerprint density at radius 3 is 2.72 bits per heavy atom. The van der Waals surface area contributed by atoms with Gasteiger partial charge in [-0.05, 0) is 55.3 Å². The molecule has 8 nitrogen and oxygen atoms in total. The standard InChI is InChI=1S/C23H26ClN3O5/c1-30-19-8-6-16(24)13-17(19)23(29)26-25-22(28)14-27-9-2-4-18(27)15-5-7-20-21(12-15)32-11-3-10-31-20/h5-8,12-13,18H,2-4,9-11,14H2,1H3,(H,25,28)(H,26,29). The van der Waals surface area contributed by atoms with Gasteiger partial charge >= 0.3 is 0 Å². The van der Waals surface area contributed by atoms with Crippen LogP contribution in [0.4, 0.5) is 0 Å². The maximum atomic E-state index is 12.5. The molecular weight excluding hydrogens is 434 g/mol. The number of halogens is 1. The van der Waals surface area contributed by atoms with Crippen LogP contribution in [0.3, 0.4) is 0 Å². The van der Waals surface area contributed by atoms with Crippen LogP contribution >= 0.6 is 11.6 Å². The van der Waals surface area contributed by atoms with Crippen molar-refractivity contribution in [1.29, 1.82) is 0 Å². The summed E-state index contributed by atoms with van der Waals surface area (Å²) in [7, 11) is 1.46. The molecule has 0 aromatic heterocycles. The second-order valence-corrected chi connectivity index (χ2v) is 8.17. The molecule has 2 aromatic rings. The van der Waals surface area contributed by atoms with E-state index in [1.54, 1.807) is 12.1 Å². The zero-order valence-corrected chi connectivity index (χ0v) is 18.6. The Balaban J connectivity index is 1.36. The SMILES string of the molecule is COc1ccc(Cl)cc1C(=O)NNC(=O)CN1CCCC1c1ccc2c(c1)OCCCO2. The number of methoxy groups -OCH3 is 1. The molecule has 0 saturated carbocycles. The molecule has 9 heteroatoms. The number of ether oxygens (including phenoxy) is 3. The van der Waals surface area contributed by atoms with Gasteiger partial charge in [-0.2, -0.15) is 0 Å². The summed E-state index contributed by atoms with van der Waals surface area (Å²) in [4.78, 5) is 27.1. The Morgan fingerprint density at radius 2 is 1.91 bits per heavy atom. The minimum absolute atomic E-state index is 0.0987. The number of rotatable bonds is 5. The molecule has 2 aliphatic heterocycles. The maximum absolute atomic E-state index is 12.5. The van der Waals surface area contributed by atoms with Crippen LogP contribution in [0.5, 0.6) is 17.2 Å². The van der Waals surface area contributed by atoms with Crippen molar-refractivity contribution in [2.75, 3.05) is 33.4 Å². The highest BCUT2D eigenvalue weighted by Crippen LogP contribution is 2.37. The van der Waals surface area contributed by atoms with Crippen LogP contribution < -0.4 is 25.1 Å². The number of likely N-dealkylation sites (tertiary alicyclic amines) is 1. The molecule has 2 N–H and O–H groups in total. The van der Waals surface area contributed by atoms with E-state index in [1.165, 1.54) is 13.2 Å². The van der Waals surface area contributed by atoms with Crippen LogP contribution in [-0.2, 0) is 4.79 Å². The molecule has 2 aliphatic rings. The third kappa shape index (κ3) is 5.08. The normalized spacial score (nSPS) is 18.0. The van der Waals surface area contributed by atoms with Crippen molar-refractivity contribution in [1.82, 2.24) is 15.8 Å². The number of nitrogens with zero attached hydrogens (tertiary/aromatic N) is 1. The van der Waals surface area contributed by atoms with Gasteiger partial charge in [0.2, 0.25) is 0 Å². The number of hydrazine groups is 1. The van der Waals surface area contributed by atoms with E-state index in [-0.39, 0.29) is 24.1 Å². The number of amides is 2. The average Bonchev–Trinajstić information content (AvgIpc) is 3.12. The molecule has 1 atom stereocenters. The summed E-state index contributed by atoms with van der Waals surface area (Å²) in [6.07, 6.45) is 2.78. The Bertz CT molecular complexity index is 1000. The zero-order valence-electron chi connectivity index (χ0n) is 17.9. The van der Waals surface area contributed by atoms with Crippen molar-refractivity contribution in [3.63, 3.8) is 0 Å². The molecule has 2 amide bonds. The van der Waals surface area contributed by atoms with Crippen molar-refractivity contribution in [2.24, 2.45) is 0 Å². The first kappa shape index (κ1) is 22.2. The summed E-state index contributed by atoms with van der Waals surface area (Å²) in [5.74, 6) is 1.07. The van der Waals surface area contributed by atoms with Gasteiger partial charge in [-0.15, -0.1) is 0 Å². The molecule has 0 spiro atoms. The molecule has 1 saturated heterocycles. The lowest BCUT2D eigenvalue weighted by Crippen LogP contribution is -2.46. The van der Waals surface area contributed by atoms with Gasteiger partial charge in [0.15, 0.2) is 11.5 Å². The van der Waals surface area contributed by atoms with Crippen molar-refractivity contribution >= 4 is 23.4 Å². The Labute approximate surface area is 191 Å². The molecule has 4 rings (SSSR count). The number of hydrogen-bond acceptors (Lipinski definition) is 6. The first-order chi connectivity index (χ1) is 15.5. The predicted octanol–water partition coefficient (Wildman–Crippen LogP) is 3.11. The van der Waals surface area contributed by atoms with Gasteiger partial charge in [-0.1, -0.05) is 17.7 Å². The first-order valence-corrected chi connectivity index (χ1v) is 11.0. The topological polar surface area (TPSA) is 89.1 Å². The number of hydrogen-bond donors (Lipinski definition) is 2. The van der Waals surface area contributed by atoms with Crippen LogP contribution in [0.2, 0.25) is 5.02 Å². The van der Waals surface area contributed by atoms with Crippen molar-refractivity contribution < 1.29 is 23.8 Å². The second-order valence-electron chi connectivity index (χ2n) is 7.73. The van der Waals surface area contributed by atoms with Crippen molar-refractivity contribution in [3.05, 3.63) is 52.5 Å². The van der Waals surface area contributed by atoms with Crippen molar-refractivity contribution in [3.8, 4) is 17.2 Å². The van der Waals surface area contributed by atoms with Crippen LogP contribution in [0.1, 0.15) is 41.2 Å². The molecule has 0 aliphatic carbocycles. The maximum Gasteiger partial charge on any atom is 0.273 e. The zero-order chi connectivity index (χ0) is 22.5. The van der Waals surface area contributed by atoms with E-state index in [0.717, 1.165) is 42.9 Å². The van der Waals surface area contributed by atoms with E-state index in [1.807, 2.05) is 18.2 Å². The Kier molecular flexibility index (Phi) is 7.02. The van der Waals surface area contributed by atoms with E-state index in [0.29, 0.717) is 24.0 Å². The smallest absolute Gasteiger partial charge is 0.273 e. The number of nitrogens with one attached hydrogen (secondary N) is 2. The van der Waals surface area contributed by atoms with E-state index >= 15 is 0 Å². The largest absolute Gasteiger partial charge is 0.496 e. The molecule has 170 valence electrons. The van der Waals surface area contributed by atoms with E-state index in [9.17, 15) is 9.59 Å². The monoisotopic (exact) mass is 459 g/mol. The first-order valence-electron chi connectivity index (χ1n) is 10.6. The summed E-state index contributed by atoms with van der Waals surface area (Å²) >= 11 is 5.98. The van der Waals surface area contributed by atoms with Crippen LogP contribution in [0, 0.1) is 0 Å². The van der Waals surface area contributed by atoms with Gasteiger partial charge in [0.05, 0.1) is 32.4 Å². The highest BCUT2D eigenvalue weighted by Gasteiger charge is 2.29. The molecule has 1 unspecified atom stereocenters. The lowest BCUT2D eigenvalue weighted by Gasteiger charge is -2.25. The molecular formula is C23H26ClN3O5. The van der Waals surface area contributed by atoms with Crippen LogP contribution in [0.25, 0.3) is 0 Å². The summed E-state index contributed by atoms with van der Waals surface area (Å²) in [6.45, 7) is 2.23. The fourth-order valence-electron chi connectivity index (χ4n) is 4.06. The minimum Gasteiger partial charge on any atom is -0.496 e. The minimum atomic E-state index is -0.501.